The van der Waals surface area contributed by atoms with Crippen molar-refractivity contribution in [2.24, 2.45) is 11.8 Å². The van der Waals surface area contributed by atoms with Gasteiger partial charge in [-0.2, -0.15) is 0 Å². The number of hydrogen-bond donors (Lipinski definition) is 2. The Morgan fingerprint density at radius 1 is 0.792 bits per heavy atom. The molecule has 0 spiro atoms. The Morgan fingerprint density at radius 3 is 1.46 bits per heavy atom. The van der Waals surface area contributed by atoms with Crippen LogP contribution in [0.3, 0.4) is 0 Å². The molecule has 0 radical (unpaired) electrons. The molecule has 1 aliphatic rings. The molecule has 2 aromatic carbocycles. The van der Waals surface area contributed by atoms with Gasteiger partial charge in [0.2, 0.25) is 0 Å². The van der Waals surface area contributed by atoms with Crippen molar-refractivity contribution in [3.8, 4) is 0 Å². The van der Waals surface area contributed by atoms with Gasteiger partial charge in [0.25, 0.3) is 0 Å². The number of halogens is 2. The highest BCUT2D eigenvalue weighted by atomic mass is 35.5. The summed E-state index contributed by atoms with van der Waals surface area (Å²) in [7, 11) is 0. The molecular formula is C20H23Cl2NO. The van der Waals surface area contributed by atoms with Gasteiger partial charge < -0.3 is 10.4 Å². The van der Waals surface area contributed by atoms with E-state index >= 15 is 0 Å². The van der Waals surface area contributed by atoms with Gasteiger partial charge in [0.15, 0.2) is 0 Å². The van der Waals surface area contributed by atoms with E-state index in [1.54, 1.807) is 0 Å². The number of nitrogens with one attached hydrogen (secondary N) is 1. The Labute approximate surface area is 153 Å². The molecule has 2 aromatic rings. The second-order valence-corrected chi connectivity index (χ2v) is 7.90. The predicted molar refractivity (Wildman–Crippen MR) is 100 cm³/mol. The van der Waals surface area contributed by atoms with Crippen LogP contribution < -0.4 is 5.32 Å². The first-order valence-electron chi connectivity index (χ1n) is 8.30. The van der Waals surface area contributed by atoms with E-state index in [0.717, 1.165) is 21.2 Å². The van der Waals surface area contributed by atoms with Crippen molar-refractivity contribution in [3.63, 3.8) is 0 Å². The minimum atomic E-state index is -0.792. The SMILES string of the molecule is C[C@@H]1[C@@H](c2ccc(Cl)cc2)N[C@H](c2ccc(Cl)cc2)[C@H](C)C1(C)O. The zero-order chi connectivity index (χ0) is 17.5. The van der Waals surface area contributed by atoms with Gasteiger partial charge in [-0.25, -0.2) is 0 Å². The number of benzene rings is 2. The highest BCUT2D eigenvalue weighted by Gasteiger charge is 2.48. The standard InChI is InChI=1S/C20H23Cl2NO/c1-12-18(14-4-8-16(21)9-5-14)23-19(13(2)20(12,3)24)15-6-10-17(22)11-7-15/h4-13,18-19,23-24H,1-3H3/t12-,13+,18-,19-,20?/m0/s1. The maximum Gasteiger partial charge on any atom is 0.0706 e. The van der Waals surface area contributed by atoms with Crippen LogP contribution in [0.25, 0.3) is 0 Å². The summed E-state index contributed by atoms with van der Waals surface area (Å²) in [6.07, 6.45) is 0. The maximum atomic E-state index is 11.2. The fourth-order valence-electron chi connectivity index (χ4n) is 3.68. The lowest BCUT2D eigenvalue weighted by Crippen LogP contribution is -2.56. The summed E-state index contributed by atoms with van der Waals surface area (Å²) >= 11 is 12.0. The molecule has 0 amide bonds. The maximum absolute atomic E-state index is 11.2. The predicted octanol–water partition coefficient (Wildman–Crippen LogP) is 5.40. The average molecular weight is 364 g/mol. The zero-order valence-electron chi connectivity index (χ0n) is 14.1. The quantitative estimate of drug-likeness (QED) is 0.748. The minimum absolute atomic E-state index is 0.0501. The lowest BCUT2D eigenvalue weighted by Gasteiger charge is -2.50. The molecule has 4 heteroatoms. The summed E-state index contributed by atoms with van der Waals surface area (Å²) < 4.78 is 0. The monoisotopic (exact) mass is 363 g/mol. The third-order valence-electron chi connectivity index (χ3n) is 5.66. The van der Waals surface area contributed by atoms with Gasteiger partial charge in [0.05, 0.1) is 5.60 Å². The Balaban J connectivity index is 1.98. The molecule has 0 bridgehead atoms. The molecule has 2 N–H and O–H groups in total. The Morgan fingerprint density at radius 2 is 1.12 bits per heavy atom. The molecule has 0 aromatic heterocycles. The molecule has 128 valence electrons. The van der Waals surface area contributed by atoms with Crippen LogP contribution in [0.5, 0.6) is 0 Å². The Bertz CT molecular complexity index is 637. The fourth-order valence-corrected chi connectivity index (χ4v) is 3.93. The molecule has 24 heavy (non-hydrogen) atoms. The van der Waals surface area contributed by atoms with Crippen molar-refractivity contribution in [1.29, 1.82) is 0 Å². The summed E-state index contributed by atoms with van der Waals surface area (Å²) in [6, 6.07) is 15.8. The van der Waals surface area contributed by atoms with E-state index in [0.29, 0.717) is 0 Å². The normalized spacial score (nSPS) is 33.4. The van der Waals surface area contributed by atoms with Crippen molar-refractivity contribution in [2.75, 3.05) is 0 Å². The van der Waals surface area contributed by atoms with Crippen molar-refractivity contribution in [2.45, 2.75) is 38.5 Å². The summed E-state index contributed by atoms with van der Waals surface area (Å²) in [6.45, 7) is 6.14. The van der Waals surface area contributed by atoms with Crippen molar-refractivity contribution >= 4 is 23.2 Å². The molecule has 1 unspecified atom stereocenters. The van der Waals surface area contributed by atoms with Crippen LogP contribution in [0.15, 0.2) is 48.5 Å². The number of piperidine rings is 1. The summed E-state index contributed by atoms with van der Waals surface area (Å²) in [5.41, 5.74) is 1.48. The second-order valence-electron chi connectivity index (χ2n) is 7.03. The van der Waals surface area contributed by atoms with E-state index in [1.807, 2.05) is 55.5 Å². The van der Waals surface area contributed by atoms with E-state index < -0.39 is 5.60 Å². The molecule has 1 aliphatic heterocycles. The third-order valence-corrected chi connectivity index (χ3v) is 6.17. The highest BCUT2D eigenvalue weighted by Crippen LogP contribution is 2.46. The van der Waals surface area contributed by atoms with Crippen LogP contribution in [0, 0.1) is 11.8 Å². The van der Waals surface area contributed by atoms with E-state index in [4.69, 9.17) is 23.2 Å². The second kappa shape index (κ2) is 6.68. The Hall–Kier alpha value is -1.06. The van der Waals surface area contributed by atoms with Crippen molar-refractivity contribution in [1.82, 2.24) is 5.32 Å². The third kappa shape index (κ3) is 3.21. The van der Waals surface area contributed by atoms with Crippen LogP contribution in [-0.2, 0) is 0 Å². The van der Waals surface area contributed by atoms with Gasteiger partial charge in [-0.1, -0.05) is 61.3 Å². The number of rotatable bonds is 2. The number of hydrogen-bond acceptors (Lipinski definition) is 2. The van der Waals surface area contributed by atoms with Gasteiger partial charge in [-0.05, 0) is 42.3 Å². The molecule has 5 atom stereocenters. The average Bonchev–Trinajstić information content (AvgIpc) is 2.56. The molecule has 1 heterocycles. The van der Waals surface area contributed by atoms with E-state index in [9.17, 15) is 5.11 Å². The van der Waals surface area contributed by atoms with E-state index in [-0.39, 0.29) is 23.9 Å². The van der Waals surface area contributed by atoms with Gasteiger partial charge in [0.1, 0.15) is 0 Å². The van der Waals surface area contributed by atoms with Crippen LogP contribution in [-0.4, -0.2) is 10.7 Å². The number of aliphatic hydroxyl groups is 1. The molecule has 2 nitrogen and oxygen atoms in total. The van der Waals surface area contributed by atoms with E-state index in [1.165, 1.54) is 0 Å². The Kier molecular flexibility index (Phi) is 4.94. The van der Waals surface area contributed by atoms with Crippen LogP contribution in [0.4, 0.5) is 0 Å². The largest absolute Gasteiger partial charge is 0.389 e. The van der Waals surface area contributed by atoms with Gasteiger partial charge in [0, 0.05) is 34.0 Å². The fraction of sp³-hybridized carbons (Fsp3) is 0.400. The highest BCUT2D eigenvalue weighted by molar-refractivity contribution is 6.30. The molecule has 1 fully saturated rings. The molecule has 0 saturated carbocycles. The smallest absolute Gasteiger partial charge is 0.0706 e. The van der Waals surface area contributed by atoms with Gasteiger partial charge in [-0.3, -0.25) is 0 Å². The van der Waals surface area contributed by atoms with Crippen molar-refractivity contribution < 1.29 is 5.11 Å². The van der Waals surface area contributed by atoms with Crippen LogP contribution >= 0.6 is 23.2 Å². The molecule has 3 rings (SSSR count). The lowest BCUT2D eigenvalue weighted by atomic mass is 9.67. The van der Waals surface area contributed by atoms with E-state index in [2.05, 4.69) is 19.2 Å². The van der Waals surface area contributed by atoms with Gasteiger partial charge >= 0.3 is 0 Å². The summed E-state index contributed by atoms with van der Waals surface area (Å²) in [5.74, 6) is 0.134. The topological polar surface area (TPSA) is 32.3 Å². The minimum Gasteiger partial charge on any atom is -0.389 e. The molecular weight excluding hydrogens is 341 g/mol. The first-order chi connectivity index (χ1) is 11.3. The first kappa shape index (κ1) is 17.8. The molecule has 1 saturated heterocycles. The molecule has 0 aliphatic carbocycles. The lowest BCUT2D eigenvalue weighted by molar-refractivity contribution is -0.0960. The zero-order valence-corrected chi connectivity index (χ0v) is 15.6. The summed E-state index contributed by atoms with van der Waals surface area (Å²) in [4.78, 5) is 0. The summed E-state index contributed by atoms with van der Waals surface area (Å²) in [5, 5.41) is 16.4. The van der Waals surface area contributed by atoms with Gasteiger partial charge in [-0.15, -0.1) is 0 Å². The van der Waals surface area contributed by atoms with Crippen LogP contribution in [0.2, 0.25) is 10.0 Å². The van der Waals surface area contributed by atoms with Crippen molar-refractivity contribution in [3.05, 3.63) is 69.7 Å². The first-order valence-corrected chi connectivity index (χ1v) is 9.05. The van der Waals surface area contributed by atoms with Crippen LogP contribution in [0.1, 0.15) is 44.0 Å².